The average Bonchev–Trinajstić information content (AvgIpc) is 2.97. The molecule has 1 aromatic carbocycles. The zero-order chi connectivity index (χ0) is 14.8. The van der Waals surface area contributed by atoms with Crippen molar-refractivity contribution in [2.75, 3.05) is 31.1 Å². The second-order valence-electron chi connectivity index (χ2n) is 5.43. The van der Waals surface area contributed by atoms with E-state index < -0.39 is 0 Å². The van der Waals surface area contributed by atoms with Gasteiger partial charge in [-0.25, -0.2) is 4.98 Å². The van der Waals surface area contributed by atoms with Crippen molar-refractivity contribution in [2.45, 2.75) is 13.8 Å². The van der Waals surface area contributed by atoms with E-state index in [2.05, 4.69) is 45.6 Å². The fraction of sp³-hybridized carbons (Fsp3) is 0.375. The van der Waals surface area contributed by atoms with Crippen LogP contribution in [-0.4, -0.2) is 46.5 Å². The van der Waals surface area contributed by atoms with Gasteiger partial charge in [-0.15, -0.1) is 0 Å². The van der Waals surface area contributed by atoms with Crippen LogP contribution < -0.4 is 4.90 Å². The van der Waals surface area contributed by atoms with Crippen LogP contribution in [0.25, 0.3) is 5.69 Å². The first kappa shape index (κ1) is 13.7. The Kier molecular flexibility index (Phi) is 3.64. The standard InChI is InChI=1S/C16H20N4O/c1-13-3-5-15(6-4-13)20-8-7-17-16(20)19-11-9-18(10-12-19)14(2)21/h3-8H,9-12H2,1-2H3. The third-order valence-corrected chi connectivity index (χ3v) is 3.94. The van der Waals surface area contributed by atoms with E-state index in [9.17, 15) is 4.79 Å². The topological polar surface area (TPSA) is 41.4 Å². The number of piperazine rings is 1. The predicted octanol–water partition coefficient (Wildman–Crippen LogP) is 1.85. The summed E-state index contributed by atoms with van der Waals surface area (Å²) in [5, 5.41) is 0. The summed E-state index contributed by atoms with van der Waals surface area (Å²) in [5.41, 5.74) is 2.36. The molecular formula is C16H20N4O. The fourth-order valence-corrected chi connectivity index (χ4v) is 2.66. The van der Waals surface area contributed by atoms with Crippen LogP contribution in [0.5, 0.6) is 0 Å². The van der Waals surface area contributed by atoms with Crippen LogP contribution in [0, 0.1) is 6.92 Å². The molecule has 1 aliphatic heterocycles. The SMILES string of the molecule is CC(=O)N1CCN(c2nccn2-c2ccc(C)cc2)CC1. The maximum atomic E-state index is 11.4. The summed E-state index contributed by atoms with van der Waals surface area (Å²) in [4.78, 5) is 20.0. The Balaban J connectivity index is 1.80. The highest BCUT2D eigenvalue weighted by molar-refractivity contribution is 5.73. The number of imidazole rings is 1. The monoisotopic (exact) mass is 284 g/mol. The molecule has 1 aromatic heterocycles. The molecule has 3 rings (SSSR count). The van der Waals surface area contributed by atoms with Crippen LogP contribution in [0.2, 0.25) is 0 Å². The van der Waals surface area contributed by atoms with Gasteiger partial charge in [0.15, 0.2) is 0 Å². The highest BCUT2D eigenvalue weighted by atomic mass is 16.2. The molecule has 0 spiro atoms. The van der Waals surface area contributed by atoms with Crippen molar-refractivity contribution < 1.29 is 4.79 Å². The molecule has 110 valence electrons. The Morgan fingerprint density at radius 2 is 1.76 bits per heavy atom. The van der Waals surface area contributed by atoms with Gasteiger partial charge in [0, 0.05) is 51.2 Å². The number of aryl methyl sites for hydroxylation is 1. The lowest BCUT2D eigenvalue weighted by atomic mass is 10.2. The molecular weight excluding hydrogens is 264 g/mol. The van der Waals surface area contributed by atoms with Gasteiger partial charge in [0.25, 0.3) is 0 Å². The van der Waals surface area contributed by atoms with E-state index in [1.165, 1.54) is 5.56 Å². The smallest absolute Gasteiger partial charge is 0.219 e. The molecule has 1 aliphatic rings. The molecule has 1 amide bonds. The summed E-state index contributed by atoms with van der Waals surface area (Å²) in [6.07, 6.45) is 3.81. The van der Waals surface area contributed by atoms with Crippen LogP contribution in [0.4, 0.5) is 5.95 Å². The summed E-state index contributed by atoms with van der Waals surface area (Å²) < 4.78 is 2.10. The first-order chi connectivity index (χ1) is 10.1. The van der Waals surface area contributed by atoms with Crippen molar-refractivity contribution in [3.8, 4) is 5.69 Å². The van der Waals surface area contributed by atoms with E-state index in [1.54, 1.807) is 6.92 Å². The van der Waals surface area contributed by atoms with Gasteiger partial charge in [-0.1, -0.05) is 17.7 Å². The summed E-state index contributed by atoms with van der Waals surface area (Å²) in [5.74, 6) is 1.10. The molecule has 0 unspecified atom stereocenters. The Bertz CT molecular complexity index is 624. The predicted molar refractivity (Wildman–Crippen MR) is 82.8 cm³/mol. The number of aromatic nitrogens is 2. The molecule has 0 bridgehead atoms. The molecule has 0 saturated carbocycles. The maximum absolute atomic E-state index is 11.4. The minimum atomic E-state index is 0.150. The number of benzene rings is 1. The van der Waals surface area contributed by atoms with Crippen molar-refractivity contribution >= 4 is 11.9 Å². The third kappa shape index (κ3) is 2.77. The molecule has 2 aromatic rings. The molecule has 0 radical (unpaired) electrons. The lowest BCUT2D eigenvalue weighted by Gasteiger charge is -2.35. The van der Waals surface area contributed by atoms with E-state index in [0.717, 1.165) is 37.8 Å². The summed E-state index contributed by atoms with van der Waals surface area (Å²) >= 11 is 0. The van der Waals surface area contributed by atoms with Crippen LogP contribution in [0.3, 0.4) is 0 Å². The molecule has 0 atom stereocenters. The molecule has 0 aliphatic carbocycles. The molecule has 1 saturated heterocycles. The number of nitrogens with zero attached hydrogens (tertiary/aromatic N) is 4. The van der Waals surface area contributed by atoms with Gasteiger partial charge < -0.3 is 9.80 Å². The number of anilines is 1. The number of hydrogen-bond acceptors (Lipinski definition) is 3. The number of rotatable bonds is 2. The van der Waals surface area contributed by atoms with E-state index >= 15 is 0 Å². The number of hydrogen-bond donors (Lipinski definition) is 0. The fourth-order valence-electron chi connectivity index (χ4n) is 2.66. The van der Waals surface area contributed by atoms with E-state index in [1.807, 2.05) is 17.3 Å². The maximum Gasteiger partial charge on any atom is 0.219 e. The van der Waals surface area contributed by atoms with Crippen LogP contribution in [0.15, 0.2) is 36.7 Å². The lowest BCUT2D eigenvalue weighted by Crippen LogP contribution is -2.48. The van der Waals surface area contributed by atoms with Crippen molar-refractivity contribution in [1.82, 2.24) is 14.5 Å². The Hall–Kier alpha value is -2.30. The summed E-state index contributed by atoms with van der Waals surface area (Å²) in [6, 6.07) is 8.41. The minimum Gasteiger partial charge on any atom is -0.339 e. The average molecular weight is 284 g/mol. The van der Waals surface area contributed by atoms with Gasteiger partial charge >= 0.3 is 0 Å². The first-order valence-electron chi connectivity index (χ1n) is 7.26. The van der Waals surface area contributed by atoms with Gasteiger partial charge in [-0.2, -0.15) is 0 Å². The Labute approximate surface area is 124 Å². The third-order valence-electron chi connectivity index (χ3n) is 3.94. The van der Waals surface area contributed by atoms with Crippen LogP contribution >= 0.6 is 0 Å². The van der Waals surface area contributed by atoms with Crippen molar-refractivity contribution in [1.29, 1.82) is 0 Å². The van der Waals surface area contributed by atoms with Gasteiger partial charge in [-0.05, 0) is 19.1 Å². The number of amides is 1. The highest BCUT2D eigenvalue weighted by Gasteiger charge is 2.21. The number of carbonyl (C=O) groups excluding carboxylic acids is 1. The Morgan fingerprint density at radius 3 is 2.38 bits per heavy atom. The molecule has 1 fully saturated rings. The zero-order valence-electron chi connectivity index (χ0n) is 12.5. The molecule has 5 heteroatoms. The Morgan fingerprint density at radius 1 is 1.10 bits per heavy atom. The largest absolute Gasteiger partial charge is 0.339 e. The molecule has 21 heavy (non-hydrogen) atoms. The molecule has 2 heterocycles. The van der Waals surface area contributed by atoms with Crippen molar-refractivity contribution in [3.63, 3.8) is 0 Å². The van der Waals surface area contributed by atoms with Gasteiger partial charge in [-0.3, -0.25) is 9.36 Å². The van der Waals surface area contributed by atoms with Crippen LogP contribution in [-0.2, 0) is 4.79 Å². The highest BCUT2D eigenvalue weighted by Crippen LogP contribution is 2.20. The molecule has 5 nitrogen and oxygen atoms in total. The minimum absolute atomic E-state index is 0.150. The van der Waals surface area contributed by atoms with Crippen molar-refractivity contribution in [3.05, 3.63) is 42.2 Å². The first-order valence-corrected chi connectivity index (χ1v) is 7.26. The number of carbonyl (C=O) groups is 1. The van der Waals surface area contributed by atoms with Gasteiger partial charge in [0.1, 0.15) is 0 Å². The summed E-state index contributed by atoms with van der Waals surface area (Å²) in [6.45, 7) is 6.87. The van der Waals surface area contributed by atoms with Gasteiger partial charge in [0.2, 0.25) is 11.9 Å². The molecule has 0 N–H and O–H groups in total. The zero-order valence-corrected chi connectivity index (χ0v) is 12.5. The van der Waals surface area contributed by atoms with E-state index in [4.69, 9.17) is 0 Å². The summed E-state index contributed by atoms with van der Waals surface area (Å²) in [7, 11) is 0. The quantitative estimate of drug-likeness (QED) is 0.845. The van der Waals surface area contributed by atoms with Gasteiger partial charge in [0.05, 0.1) is 0 Å². The second kappa shape index (κ2) is 5.60. The van der Waals surface area contributed by atoms with E-state index in [-0.39, 0.29) is 5.91 Å². The van der Waals surface area contributed by atoms with E-state index in [0.29, 0.717) is 0 Å². The normalized spacial score (nSPS) is 15.3. The van der Waals surface area contributed by atoms with Crippen LogP contribution in [0.1, 0.15) is 12.5 Å². The lowest BCUT2D eigenvalue weighted by molar-refractivity contribution is -0.129. The van der Waals surface area contributed by atoms with Crippen molar-refractivity contribution in [2.24, 2.45) is 0 Å². The second-order valence-corrected chi connectivity index (χ2v) is 5.43.